The minimum absolute atomic E-state index is 0.0635. The monoisotopic (exact) mass is 428 g/mol. The predicted molar refractivity (Wildman–Crippen MR) is 108 cm³/mol. The average molecular weight is 430 g/mol. The van der Waals surface area contributed by atoms with E-state index in [1.165, 1.54) is 0 Å². The van der Waals surface area contributed by atoms with Crippen LogP contribution < -0.4 is 20.9 Å². The molecule has 0 spiro atoms. The van der Waals surface area contributed by atoms with Crippen LogP contribution in [-0.4, -0.2) is 0 Å². The van der Waals surface area contributed by atoms with Gasteiger partial charge in [-0.3, -0.25) is 0 Å². The third-order valence-corrected chi connectivity index (χ3v) is 5.02. The molecule has 0 amide bonds. The summed E-state index contributed by atoms with van der Waals surface area (Å²) in [5.41, 5.74) is 12.5. The van der Waals surface area contributed by atoms with Gasteiger partial charge in [0.1, 0.15) is 26.6 Å². The van der Waals surface area contributed by atoms with Crippen molar-refractivity contribution in [3.05, 3.63) is 68.6 Å². The highest BCUT2D eigenvalue weighted by atomic mass is 35.5. The Morgan fingerprint density at radius 2 is 0.846 bits per heavy atom. The first-order chi connectivity index (χ1) is 12.4. The van der Waals surface area contributed by atoms with Crippen LogP contribution in [0, 0.1) is 0 Å². The Labute approximate surface area is 170 Å². The van der Waals surface area contributed by atoms with Crippen LogP contribution in [0.2, 0.25) is 20.1 Å². The van der Waals surface area contributed by atoms with E-state index in [0.717, 1.165) is 0 Å². The van der Waals surface area contributed by atoms with Crippen molar-refractivity contribution in [1.29, 1.82) is 0 Å². The molecule has 0 radical (unpaired) electrons. The fourth-order valence-electron chi connectivity index (χ4n) is 2.08. The van der Waals surface area contributed by atoms with E-state index in [9.17, 15) is 0 Å². The van der Waals surface area contributed by atoms with E-state index >= 15 is 0 Å². The molecular formula is C18H12Cl4N2O2. The van der Waals surface area contributed by atoms with Gasteiger partial charge >= 0.3 is 0 Å². The van der Waals surface area contributed by atoms with Crippen molar-refractivity contribution in [2.45, 2.75) is 0 Å². The van der Waals surface area contributed by atoms with E-state index in [-0.39, 0.29) is 31.6 Å². The van der Waals surface area contributed by atoms with Gasteiger partial charge in [-0.15, -0.1) is 0 Å². The smallest absolute Gasteiger partial charge is 0.170 e. The van der Waals surface area contributed by atoms with Crippen LogP contribution in [0.3, 0.4) is 0 Å². The summed E-state index contributed by atoms with van der Waals surface area (Å²) in [6, 6.07) is 13.4. The number of halogens is 4. The van der Waals surface area contributed by atoms with Gasteiger partial charge in [-0.1, -0.05) is 46.4 Å². The normalized spacial score (nSPS) is 10.6. The highest BCUT2D eigenvalue weighted by Gasteiger charge is 2.24. The van der Waals surface area contributed by atoms with Crippen molar-refractivity contribution in [2.75, 3.05) is 11.5 Å². The van der Waals surface area contributed by atoms with Gasteiger partial charge in [0, 0.05) is 11.4 Å². The van der Waals surface area contributed by atoms with E-state index in [0.29, 0.717) is 22.9 Å². The van der Waals surface area contributed by atoms with E-state index in [2.05, 4.69) is 0 Å². The number of hydrogen-bond acceptors (Lipinski definition) is 4. The molecule has 0 saturated carbocycles. The number of hydrogen-bond donors (Lipinski definition) is 2. The van der Waals surface area contributed by atoms with Crippen molar-refractivity contribution >= 4 is 57.8 Å². The molecule has 0 atom stereocenters. The van der Waals surface area contributed by atoms with Crippen LogP contribution in [-0.2, 0) is 0 Å². The van der Waals surface area contributed by atoms with Gasteiger partial charge in [0.05, 0.1) is 5.02 Å². The third-order valence-electron chi connectivity index (χ3n) is 3.38. The Kier molecular flexibility index (Phi) is 5.58. The molecule has 0 aliphatic rings. The second kappa shape index (κ2) is 7.72. The van der Waals surface area contributed by atoms with Gasteiger partial charge < -0.3 is 20.9 Å². The summed E-state index contributed by atoms with van der Waals surface area (Å²) in [6.45, 7) is 0. The minimum Gasteiger partial charge on any atom is -0.454 e. The van der Waals surface area contributed by atoms with Crippen LogP contribution in [0.1, 0.15) is 0 Å². The van der Waals surface area contributed by atoms with Crippen LogP contribution >= 0.6 is 46.4 Å². The van der Waals surface area contributed by atoms with E-state index in [1.807, 2.05) is 0 Å². The summed E-state index contributed by atoms with van der Waals surface area (Å²) in [5, 5.41) is 0.290. The first kappa shape index (κ1) is 18.8. The molecule has 4 nitrogen and oxygen atoms in total. The summed E-state index contributed by atoms with van der Waals surface area (Å²) in [7, 11) is 0. The minimum atomic E-state index is 0.0635. The second-order valence-corrected chi connectivity index (χ2v) is 6.77. The Hall–Kier alpha value is -1.98. The maximum atomic E-state index is 6.43. The first-order valence-corrected chi connectivity index (χ1v) is 8.80. The van der Waals surface area contributed by atoms with Gasteiger partial charge in [-0.05, 0) is 48.5 Å². The Morgan fingerprint density at radius 1 is 0.500 bits per heavy atom. The number of anilines is 2. The molecular weight excluding hydrogens is 418 g/mol. The molecule has 3 rings (SSSR count). The number of nitrogens with two attached hydrogens (primary N) is 2. The lowest BCUT2D eigenvalue weighted by atomic mass is 10.2. The molecule has 0 fully saturated rings. The highest BCUT2D eigenvalue weighted by Crippen LogP contribution is 2.52. The van der Waals surface area contributed by atoms with Crippen LogP contribution in [0.25, 0.3) is 0 Å². The SMILES string of the molecule is Nc1ccc(Oc2c(Cl)c(Cl)c(Cl)c(Oc3ccc(N)cc3)c2Cl)cc1. The first-order valence-electron chi connectivity index (χ1n) is 7.29. The summed E-state index contributed by atoms with van der Waals surface area (Å²) in [4.78, 5) is 0. The average Bonchev–Trinajstić information content (AvgIpc) is 2.64. The van der Waals surface area contributed by atoms with Crippen LogP contribution in [0.4, 0.5) is 11.4 Å². The topological polar surface area (TPSA) is 70.5 Å². The van der Waals surface area contributed by atoms with Gasteiger partial charge in [0.15, 0.2) is 11.5 Å². The van der Waals surface area contributed by atoms with E-state index in [1.54, 1.807) is 48.5 Å². The van der Waals surface area contributed by atoms with Crippen LogP contribution in [0.15, 0.2) is 48.5 Å². The molecule has 26 heavy (non-hydrogen) atoms. The van der Waals surface area contributed by atoms with Gasteiger partial charge in [-0.2, -0.15) is 0 Å². The van der Waals surface area contributed by atoms with Crippen LogP contribution in [0.5, 0.6) is 23.0 Å². The molecule has 8 heteroatoms. The molecule has 0 aliphatic heterocycles. The second-order valence-electron chi connectivity index (χ2n) is 5.26. The van der Waals surface area contributed by atoms with E-state index < -0.39 is 0 Å². The number of ether oxygens (including phenoxy) is 2. The molecule has 3 aromatic carbocycles. The molecule has 0 aliphatic carbocycles. The molecule has 3 aromatic rings. The van der Waals surface area contributed by atoms with Crippen molar-refractivity contribution in [1.82, 2.24) is 0 Å². The number of rotatable bonds is 4. The highest BCUT2D eigenvalue weighted by molar-refractivity contribution is 6.51. The summed E-state index contributed by atoms with van der Waals surface area (Å²) < 4.78 is 11.5. The Balaban J connectivity index is 2.03. The van der Waals surface area contributed by atoms with Crippen molar-refractivity contribution in [3.63, 3.8) is 0 Å². The van der Waals surface area contributed by atoms with Crippen molar-refractivity contribution in [3.8, 4) is 23.0 Å². The number of nitrogen functional groups attached to an aromatic ring is 2. The molecule has 0 heterocycles. The fourth-order valence-corrected chi connectivity index (χ4v) is 3.12. The zero-order chi connectivity index (χ0) is 18.8. The van der Waals surface area contributed by atoms with Gasteiger partial charge in [0.25, 0.3) is 0 Å². The fraction of sp³-hybridized carbons (Fsp3) is 0. The molecule has 134 valence electrons. The quantitative estimate of drug-likeness (QED) is 0.264. The van der Waals surface area contributed by atoms with Gasteiger partial charge in [-0.25, -0.2) is 0 Å². The van der Waals surface area contributed by atoms with Gasteiger partial charge in [0.2, 0.25) is 0 Å². The molecule has 0 saturated heterocycles. The van der Waals surface area contributed by atoms with Crippen molar-refractivity contribution < 1.29 is 9.47 Å². The largest absolute Gasteiger partial charge is 0.454 e. The third kappa shape index (κ3) is 3.89. The maximum Gasteiger partial charge on any atom is 0.170 e. The predicted octanol–water partition coefficient (Wildman–Crippen LogP) is 7.05. The molecule has 0 bridgehead atoms. The number of benzene rings is 3. The zero-order valence-corrected chi connectivity index (χ0v) is 16.1. The lowest BCUT2D eigenvalue weighted by molar-refractivity contribution is 0.461. The summed E-state index contributed by atoms with van der Waals surface area (Å²) >= 11 is 25.2. The molecule has 0 unspecified atom stereocenters. The van der Waals surface area contributed by atoms with E-state index in [4.69, 9.17) is 67.3 Å². The Morgan fingerprint density at radius 3 is 1.19 bits per heavy atom. The molecule has 4 N–H and O–H groups in total. The zero-order valence-electron chi connectivity index (χ0n) is 13.1. The summed E-state index contributed by atoms with van der Waals surface area (Å²) in [6.07, 6.45) is 0. The lowest BCUT2D eigenvalue weighted by Gasteiger charge is -2.17. The Bertz CT molecular complexity index is 870. The maximum absolute atomic E-state index is 6.43. The summed E-state index contributed by atoms with van der Waals surface area (Å²) in [5.74, 6) is 1.19. The lowest BCUT2D eigenvalue weighted by Crippen LogP contribution is -1.94. The standard InChI is InChI=1S/C18H12Cl4N2O2/c19-13-14(20)17(25-11-5-1-9(23)2-6-11)16(22)18(15(13)21)26-12-7-3-10(24)4-8-12/h1-8H,23-24H2. The molecule has 0 aromatic heterocycles. The van der Waals surface area contributed by atoms with Crippen molar-refractivity contribution in [2.24, 2.45) is 0 Å².